The molecule has 2 heteroatoms. The Bertz CT molecular complexity index is 354. The summed E-state index contributed by atoms with van der Waals surface area (Å²) in [5.41, 5.74) is 0.273. The lowest BCUT2D eigenvalue weighted by molar-refractivity contribution is -0.124. The van der Waals surface area contributed by atoms with Crippen LogP contribution in [0.25, 0.3) is 0 Å². The fourth-order valence-corrected chi connectivity index (χ4v) is 2.51. The first-order valence-corrected chi connectivity index (χ1v) is 6.15. The van der Waals surface area contributed by atoms with Gasteiger partial charge in [0.15, 0.2) is 0 Å². The second-order valence-corrected chi connectivity index (χ2v) is 5.73. The smallest absolute Gasteiger partial charge is 0.133 e. The average Bonchev–Trinajstić information content (AvgIpc) is 2.15. The van der Waals surface area contributed by atoms with Gasteiger partial charge in [-0.15, -0.1) is 0 Å². The first-order valence-electron chi connectivity index (χ1n) is 6.15. The number of phenols is 1. The van der Waals surface area contributed by atoms with Gasteiger partial charge < -0.3 is 5.11 Å². The first-order chi connectivity index (χ1) is 7.89. The normalized spacial score (nSPS) is 22.5. The van der Waals surface area contributed by atoms with E-state index < -0.39 is 0 Å². The van der Waals surface area contributed by atoms with Crippen LogP contribution in [0.2, 0.25) is 0 Å². The molecule has 1 unspecified atom stereocenters. The highest BCUT2D eigenvalue weighted by molar-refractivity contribution is 5.80. The van der Waals surface area contributed by atoms with Gasteiger partial charge in [-0.05, 0) is 29.9 Å². The Morgan fingerprint density at radius 3 is 2.18 bits per heavy atom. The molecule has 1 aliphatic rings. The molecule has 0 bridgehead atoms. The van der Waals surface area contributed by atoms with Gasteiger partial charge in [-0.1, -0.05) is 39.0 Å². The largest absolute Gasteiger partial charge is 0.508 e. The molecular formula is C15H22O2. The lowest BCUT2D eigenvalue weighted by atomic mass is 9.72. The molecule has 0 amide bonds. The van der Waals surface area contributed by atoms with Crippen molar-refractivity contribution in [2.45, 2.75) is 40.0 Å². The summed E-state index contributed by atoms with van der Waals surface area (Å²) in [7, 11) is 0. The number of phenolic OH excluding ortho intramolecular Hbond substituents is 1. The standard InChI is InChI=1S/C9H16O.C6H6O/c1-7-4-8(10)6-9(2,3)5-7;7-6-4-2-1-3-5-6/h7H,4-6H2,1-3H3;1-5,7H. The zero-order valence-electron chi connectivity index (χ0n) is 10.9. The molecule has 17 heavy (non-hydrogen) atoms. The quantitative estimate of drug-likeness (QED) is 0.741. The van der Waals surface area contributed by atoms with Gasteiger partial charge >= 0.3 is 0 Å². The zero-order chi connectivity index (χ0) is 12.9. The number of carbonyl (C=O) groups excluding carboxylic acids is 1. The van der Waals surface area contributed by atoms with Crippen molar-refractivity contribution in [3.8, 4) is 5.75 Å². The molecule has 1 N–H and O–H groups in total. The van der Waals surface area contributed by atoms with Crippen LogP contribution in [0.5, 0.6) is 5.75 Å². The van der Waals surface area contributed by atoms with Crippen molar-refractivity contribution in [1.82, 2.24) is 0 Å². The summed E-state index contributed by atoms with van der Waals surface area (Å²) >= 11 is 0. The van der Waals surface area contributed by atoms with Crippen molar-refractivity contribution in [2.24, 2.45) is 11.3 Å². The fraction of sp³-hybridized carbons (Fsp3) is 0.533. The van der Waals surface area contributed by atoms with Crippen LogP contribution >= 0.6 is 0 Å². The number of carbonyl (C=O) groups is 1. The van der Waals surface area contributed by atoms with Gasteiger partial charge in [0.05, 0.1) is 0 Å². The van der Waals surface area contributed by atoms with Gasteiger partial charge in [-0.25, -0.2) is 0 Å². The Morgan fingerprint density at radius 1 is 1.24 bits per heavy atom. The number of Topliss-reactive ketones (excluding diaryl/α,β-unsaturated/α-hetero) is 1. The Morgan fingerprint density at radius 2 is 1.82 bits per heavy atom. The number of ketones is 1. The molecule has 1 aromatic carbocycles. The van der Waals surface area contributed by atoms with Crippen LogP contribution in [-0.2, 0) is 4.79 Å². The van der Waals surface area contributed by atoms with Crippen molar-refractivity contribution in [3.63, 3.8) is 0 Å². The molecule has 2 nitrogen and oxygen atoms in total. The van der Waals surface area contributed by atoms with Crippen LogP contribution in [0, 0.1) is 11.3 Å². The van der Waals surface area contributed by atoms with Crippen LogP contribution in [0.15, 0.2) is 30.3 Å². The molecule has 0 aliphatic heterocycles. The number of rotatable bonds is 0. The van der Waals surface area contributed by atoms with Crippen LogP contribution < -0.4 is 0 Å². The molecule has 1 aliphatic carbocycles. The minimum Gasteiger partial charge on any atom is -0.508 e. The van der Waals surface area contributed by atoms with E-state index in [0.717, 1.165) is 12.8 Å². The molecule has 0 heterocycles. The maximum Gasteiger partial charge on any atom is 0.133 e. The molecular weight excluding hydrogens is 212 g/mol. The third-order valence-corrected chi connectivity index (χ3v) is 2.91. The number of benzene rings is 1. The molecule has 1 fully saturated rings. The van der Waals surface area contributed by atoms with E-state index in [1.807, 2.05) is 6.07 Å². The highest BCUT2D eigenvalue weighted by Crippen LogP contribution is 2.36. The zero-order valence-corrected chi connectivity index (χ0v) is 10.9. The SMILES string of the molecule is CC1CC(=O)CC(C)(C)C1.Oc1ccccc1. The number of hydrogen-bond acceptors (Lipinski definition) is 2. The highest BCUT2D eigenvalue weighted by atomic mass is 16.3. The third-order valence-electron chi connectivity index (χ3n) is 2.91. The summed E-state index contributed by atoms with van der Waals surface area (Å²) in [6, 6.07) is 8.71. The Balaban J connectivity index is 0.000000181. The maximum atomic E-state index is 11.1. The van der Waals surface area contributed by atoms with Crippen molar-refractivity contribution in [1.29, 1.82) is 0 Å². The topological polar surface area (TPSA) is 37.3 Å². The molecule has 94 valence electrons. The molecule has 1 aromatic rings. The molecule has 0 radical (unpaired) electrons. The summed E-state index contributed by atoms with van der Waals surface area (Å²) in [5, 5.41) is 8.63. The number of para-hydroxylation sites is 1. The monoisotopic (exact) mass is 234 g/mol. The molecule has 1 atom stereocenters. The fourth-order valence-electron chi connectivity index (χ4n) is 2.51. The molecule has 0 saturated heterocycles. The average molecular weight is 234 g/mol. The molecule has 0 aromatic heterocycles. The van der Waals surface area contributed by atoms with Crippen molar-refractivity contribution in [3.05, 3.63) is 30.3 Å². The third kappa shape index (κ3) is 5.53. The van der Waals surface area contributed by atoms with Gasteiger partial charge in [0, 0.05) is 12.8 Å². The molecule has 2 rings (SSSR count). The summed E-state index contributed by atoms with van der Waals surface area (Å²) in [6.07, 6.45) is 2.81. The highest BCUT2D eigenvalue weighted by Gasteiger charge is 2.30. The van der Waals surface area contributed by atoms with Crippen molar-refractivity contribution < 1.29 is 9.90 Å². The Hall–Kier alpha value is -1.31. The van der Waals surface area contributed by atoms with E-state index in [9.17, 15) is 4.79 Å². The van der Waals surface area contributed by atoms with Crippen molar-refractivity contribution in [2.75, 3.05) is 0 Å². The van der Waals surface area contributed by atoms with Gasteiger partial charge in [0.1, 0.15) is 11.5 Å². The second kappa shape index (κ2) is 5.85. The summed E-state index contributed by atoms with van der Waals surface area (Å²) in [4.78, 5) is 11.1. The molecule has 0 spiro atoms. The van der Waals surface area contributed by atoms with Crippen LogP contribution in [0.1, 0.15) is 40.0 Å². The van der Waals surface area contributed by atoms with Crippen molar-refractivity contribution >= 4 is 5.78 Å². The number of aromatic hydroxyl groups is 1. The van der Waals surface area contributed by atoms with E-state index in [1.54, 1.807) is 24.3 Å². The predicted molar refractivity (Wildman–Crippen MR) is 69.9 cm³/mol. The van der Waals surface area contributed by atoms with E-state index in [4.69, 9.17) is 5.11 Å². The van der Waals surface area contributed by atoms with E-state index in [2.05, 4.69) is 20.8 Å². The van der Waals surface area contributed by atoms with Gasteiger partial charge in [0.25, 0.3) is 0 Å². The van der Waals surface area contributed by atoms with E-state index in [1.165, 1.54) is 6.42 Å². The number of hydrogen-bond donors (Lipinski definition) is 1. The van der Waals surface area contributed by atoms with E-state index >= 15 is 0 Å². The minimum atomic E-state index is 0.273. The predicted octanol–water partition coefficient (Wildman–Crippen LogP) is 3.79. The lowest BCUT2D eigenvalue weighted by Gasteiger charge is -2.32. The summed E-state index contributed by atoms with van der Waals surface area (Å²) in [6.45, 7) is 6.53. The minimum absolute atomic E-state index is 0.273. The van der Waals surface area contributed by atoms with Gasteiger partial charge in [-0.2, -0.15) is 0 Å². The second-order valence-electron chi connectivity index (χ2n) is 5.73. The van der Waals surface area contributed by atoms with Crippen LogP contribution in [0.3, 0.4) is 0 Å². The van der Waals surface area contributed by atoms with Crippen LogP contribution in [0.4, 0.5) is 0 Å². The summed E-state index contributed by atoms with van der Waals surface area (Å²) in [5.74, 6) is 1.38. The van der Waals surface area contributed by atoms with E-state index in [0.29, 0.717) is 17.5 Å². The van der Waals surface area contributed by atoms with E-state index in [-0.39, 0.29) is 5.41 Å². The van der Waals surface area contributed by atoms with Gasteiger partial charge in [0.2, 0.25) is 0 Å². The Labute approximate surface area is 104 Å². The Kier molecular flexibility index (Phi) is 4.73. The summed E-state index contributed by atoms with van der Waals surface area (Å²) < 4.78 is 0. The molecule has 1 saturated carbocycles. The van der Waals surface area contributed by atoms with Crippen LogP contribution in [-0.4, -0.2) is 10.9 Å². The lowest BCUT2D eigenvalue weighted by Crippen LogP contribution is -2.27. The maximum absolute atomic E-state index is 11.1. The van der Waals surface area contributed by atoms with Gasteiger partial charge in [-0.3, -0.25) is 4.79 Å². The first kappa shape index (κ1) is 13.8.